The van der Waals surface area contributed by atoms with E-state index >= 15 is 0 Å². The third-order valence-corrected chi connectivity index (χ3v) is 4.40. The van der Waals surface area contributed by atoms with Crippen molar-refractivity contribution in [3.05, 3.63) is 35.6 Å². The highest BCUT2D eigenvalue weighted by Crippen LogP contribution is 2.24. The number of ether oxygens (including phenoxy) is 1. The molecule has 0 aromatic heterocycles. The first kappa shape index (κ1) is 18.8. The summed E-state index contributed by atoms with van der Waals surface area (Å²) in [6.07, 6.45) is 0.502. The second-order valence-corrected chi connectivity index (χ2v) is 6.48. The van der Waals surface area contributed by atoms with Crippen LogP contribution in [0, 0.1) is 11.7 Å². The molecule has 2 atom stereocenters. The minimum Gasteiger partial charge on any atom is -0.396 e. The van der Waals surface area contributed by atoms with E-state index in [-0.39, 0.29) is 30.3 Å². The summed E-state index contributed by atoms with van der Waals surface area (Å²) >= 11 is 0. The van der Waals surface area contributed by atoms with Crippen LogP contribution in [0.15, 0.2) is 24.3 Å². The molecule has 6 heteroatoms. The lowest BCUT2D eigenvalue weighted by Gasteiger charge is -2.35. The van der Waals surface area contributed by atoms with Crippen molar-refractivity contribution in [1.82, 2.24) is 10.2 Å². The topological polar surface area (TPSA) is 61.8 Å². The quantitative estimate of drug-likeness (QED) is 0.795. The average Bonchev–Trinajstić information content (AvgIpc) is 2.55. The summed E-state index contributed by atoms with van der Waals surface area (Å²) in [6, 6.07) is 5.53. The molecular weight excluding hydrogens is 311 g/mol. The molecule has 0 saturated carbocycles. The van der Waals surface area contributed by atoms with Crippen LogP contribution in [0.25, 0.3) is 0 Å². The summed E-state index contributed by atoms with van der Waals surface area (Å²) in [5.74, 6) is -0.303. The molecule has 0 radical (unpaired) electrons. The Morgan fingerprint density at radius 3 is 2.67 bits per heavy atom. The normalized spacial score (nSPS) is 18.4. The Morgan fingerprint density at radius 1 is 1.38 bits per heavy atom. The molecule has 1 aliphatic heterocycles. The van der Waals surface area contributed by atoms with E-state index in [1.165, 1.54) is 12.1 Å². The standard InChI is InChI=1S/C18H27FN2O3/c1-13(2)16(6-9-22)20-18(23)17(21-7-10-24-11-8-21)14-4-3-5-15(19)12-14/h3-5,12-13,16-17,22H,6-11H2,1-2H3,(H,20,23). The molecule has 1 aromatic rings. The summed E-state index contributed by atoms with van der Waals surface area (Å²) in [7, 11) is 0. The van der Waals surface area contributed by atoms with Gasteiger partial charge in [-0.05, 0) is 30.0 Å². The van der Waals surface area contributed by atoms with Gasteiger partial charge in [-0.15, -0.1) is 0 Å². The van der Waals surface area contributed by atoms with Gasteiger partial charge in [0.05, 0.1) is 13.2 Å². The molecule has 5 nitrogen and oxygen atoms in total. The van der Waals surface area contributed by atoms with E-state index in [4.69, 9.17) is 4.74 Å². The fourth-order valence-corrected chi connectivity index (χ4v) is 3.01. The van der Waals surface area contributed by atoms with Gasteiger partial charge in [0.25, 0.3) is 0 Å². The van der Waals surface area contributed by atoms with Gasteiger partial charge in [-0.2, -0.15) is 0 Å². The molecule has 1 fully saturated rings. The Balaban J connectivity index is 2.22. The predicted octanol–water partition coefficient (Wildman–Crippen LogP) is 1.72. The second-order valence-electron chi connectivity index (χ2n) is 6.48. The lowest BCUT2D eigenvalue weighted by molar-refractivity contribution is -0.129. The van der Waals surface area contributed by atoms with Crippen molar-refractivity contribution >= 4 is 5.91 Å². The maximum Gasteiger partial charge on any atom is 0.242 e. The van der Waals surface area contributed by atoms with Crippen molar-refractivity contribution in [3.63, 3.8) is 0 Å². The van der Waals surface area contributed by atoms with Gasteiger partial charge < -0.3 is 15.2 Å². The summed E-state index contributed by atoms with van der Waals surface area (Å²) in [6.45, 7) is 6.40. The van der Waals surface area contributed by atoms with E-state index < -0.39 is 6.04 Å². The Bertz CT molecular complexity index is 533. The molecule has 1 aliphatic rings. The molecule has 2 rings (SSSR count). The van der Waals surface area contributed by atoms with Crippen LogP contribution in [0.2, 0.25) is 0 Å². The van der Waals surface area contributed by atoms with E-state index in [9.17, 15) is 14.3 Å². The van der Waals surface area contributed by atoms with Crippen molar-refractivity contribution in [2.75, 3.05) is 32.9 Å². The molecule has 134 valence electrons. The van der Waals surface area contributed by atoms with Crippen LogP contribution >= 0.6 is 0 Å². The number of carbonyl (C=O) groups is 1. The van der Waals surface area contributed by atoms with Crippen LogP contribution in [0.1, 0.15) is 31.9 Å². The minimum atomic E-state index is -0.551. The molecule has 24 heavy (non-hydrogen) atoms. The van der Waals surface area contributed by atoms with Crippen molar-refractivity contribution < 1.29 is 19.0 Å². The highest BCUT2D eigenvalue weighted by atomic mass is 19.1. The van der Waals surface area contributed by atoms with Crippen molar-refractivity contribution in [2.24, 2.45) is 5.92 Å². The number of carbonyl (C=O) groups excluding carboxylic acids is 1. The number of hydrogen-bond acceptors (Lipinski definition) is 4. The minimum absolute atomic E-state index is 0.0192. The maximum atomic E-state index is 13.7. The Hall–Kier alpha value is -1.50. The monoisotopic (exact) mass is 338 g/mol. The fourth-order valence-electron chi connectivity index (χ4n) is 3.01. The van der Waals surface area contributed by atoms with E-state index in [1.807, 2.05) is 18.7 Å². The molecule has 0 aliphatic carbocycles. The first-order valence-electron chi connectivity index (χ1n) is 8.51. The zero-order chi connectivity index (χ0) is 17.5. The molecule has 0 spiro atoms. The number of halogens is 1. The molecular formula is C18H27FN2O3. The third-order valence-electron chi connectivity index (χ3n) is 4.40. The summed E-state index contributed by atoms with van der Waals surface area (Å²) in [5.41, 5.74) is 0.640. The Morgan fingerprint density at radius 2 is 2.08 bits per heavy atom. The maximum absolute atomic E-state index is 13.7. The van der Waals surface area contributed by atoms with Crippen LogP contribution in [0.3, 0.4) is 0 Å². The van der Waals surface area contributed by atoms with Crippen LogP contribution in [0.4, 0.5) is 4.39 Å². The first-order chi connectivity index (χ1) is 11.5. The Labute approximate surface area is 142 Å². The van der Waals surface area contributed by atoms with Gasteiger partial charge in [0.15, 0.2) is 0 Å². The lowest BCUT2D eigenvalue weighted by atomic mass is 9.98. The highest BCUT2D eigenvalue weighted by molar-refractivity contribution is 5.83. The number of hydrogen-bond donors (Lipinski definition) is 2. The molecule has 1 aromatic carbocycles. The fraction of sp³-hybridized carbons (Fsp3) is 0.611. The van der Waals surface area contributed by atoms with Gasteiger partial charge in [0.1, 0.15) is 11.9 Å². The van der Waals surface area contributed by atoms with Gasteiger partial charge in [-0.25, -0.2) is 4.39 Å². The van der Waals surface area contributed by atoms with E-state index in [2.05, 4.69) is 5.32 Å². The summed E-state index contributed by atoms with van der Waals surface area (Å²) in [4.78, 5) is 15.0. The molecule has 1 heterocycles. The van der Waals surface area contributed by atoms with Gasteiger partial charge in [-0.1, -0.05) is 26.0 Å². The van der Waals surface area contributed by atoms with Crippen molar-refractivity contribution in [2.45, 2.75) is 32.4 Å². The van der Waals surface area contributed by atoms with Gasteiger partial charge in [0.2, 0.25) is 5.91 Å². The second kappa shape index (κ2) is 9.11. The molecule has 2 N–H and O–H groups in total. The van der Waals surface area contributed by atoms with Crippen LogP contribution in [-0.2, 0) is 9.53 Å². The summed E-state index contributed by atoms with van der Waals surface area (Å²) < 4.78 is 19.0. The first-order valence-corrected chi connectivity index (χ1v) is 8.51. The molecule has 1 amide bonds. The molecule has 2 unspecified atom stereocenters. The number of amides is 1. The zero-order valence-electron chi connectivity index (χ0n) is 14.4. The number of nitrogens with zero attached hydrogens (tertiary/aromatic N) is 1. The number of aliphatic hydroxyl groups is 1. The number of benzene rings is 1. The van der Waals surface area contributed by atoms with E-state index in [0.29, 0.717) is 38.3 Å². The van der Waals surface area contributed by atoms with Crippen LogP contribution < -0.4 is 5.32 Å². The molecule has 0 bridgehead atoms. The number of nitrogens with one attached hydrogen (secondary N) is 1. The van der Waals surface area contributed by atoms with Gasteiger partial charge >= 0.3 is 0 Å². The smallest absolute Gasteiger partial charge is 0.242 e. The van der Waals surface area contributed by atoms with Gasteiger partial charge in [-0.3, -0.25) is 9.69 Å². The van der Waals surface area contributed by atoms with Crippen molar-refractivity contribution in [3.8, 4) is 0 Å². The van der Waals surface area contributed by atoms with Crippen molar-refractivity contribution in [1.29, 1.82) is 0 Å². The number of morpholine rings is 1. The molecule has 1 saturated heterocycles. The number of aliphatic hydroxyl groups excluding tert-OH is 1. The third kappa shape index (κ3) is 5.00. The van der Waals surface area contributed by atoms with E-state index in [1.54, 1.807) is 12.1 Å². The average molecular weight is 338 g/mol. The van der Waals surface area contributed by atoms with E-state index in [0.717, 1.165) is 0 Å². The largest absolute Gasteiger partial charge is 0.396 e. The van der Waals surface area contributed by atoms with Crippen LogP contribution in [-0.4, -0.2) is 54.9 Å². The highest BCUT2D eigenvalue weighted by Gasteiger charge is 2.31. The zero-order valence-corrected chi connectivity index (χ0v) is 14.4. The lowest BCUT2D eigenvalue weighted by Crippen LogP contribution is -2.49. The number of rotatable bonds is 7. The SMILES string of the molecule is CC(C)C(CCO)NC(=O)C(c1cccc(F)c1)N1CCOCC1. The van der Waals surface area contributed by atoms with Gasteiger partial charge in [0, 0.05) is 25.7 Å². The Kier molecular flexibility index (Phi) is 7.15. The predicted molar refractivity (Wildman–Crippen MR) is 90.0 cm³/mol. The van der Waals surface area contributed by atoms with Crippen LogP contribution in [0.5, 0.6) is 0 Å². The summed E-state index contributed by atoms with van der Waals surface area (Å²) in [5, 5.41) is 12.2.